The van der Waals surface area contributed by atoms with Crippen molar-refractivity contribution < 1.29 is 0 Å². The Kier molecular flexibility index (Phi) is 2.36. The molecule has 0 saturated carbocycles. The number of aromatic nitrogens is 1. The van der Waals surface area contributed by atoms with Crippen molar-refractivity contribution in [2.75, 3.05) is 5.43 Å². The fourth-order valence-corrected chi connectivity index (χ4v) is 3.28. The van der Waals surface area contributed by atoms with Crippen LogP contribution in [-0.4, -0.2) is 4.98 Å². The number of hydrazine groups is 1. The van der Waals surface area contributed by atoms with Crippen LogP contribution in [0.5, 0.6) is 0 Å². The lowest BCUT2D eigenvalue weighted by Gasteiger charge is -1.89. The molecule has 0 bridgehead atoms. The zero-order chi connectivity index (χ0) is 11.0. The molecule has 0 aliphatic heterocycles. The van der Waals surface area contributed by atoms with Crippen LogP contribution in [0.1, 0.15) is 0 Å². The fourth-order valence-electron chi connectivity index (χ4n) is 1.56. The van der Waals surface area contributed by atoms with E-state index in [1.165, 1.54) is 26.3 Å². The van der Waals surface area contributed by atoms with Crippen LogP contribution >= 0.6 is 22.7 Å². The Hall–Kier alpha value is -1.43. The lowest BCUT2D eigenvalue weighted by Crippen LogP contribution is -2.05. The molecule has 5 heteroatoms. The number of rotatable bonds is 2. The Morgan fingerprint density at radius 3 is 2.88 bits per heavy atom. The molecular weight excluding hydrogens is 238 g/mol. The van der Waals surface area contributed by atoms with E-state index in [2.05, 4.69) is 34.7 Å². The molecule has 2 aromatic heterocycles. The minimum absolute atomic E-state index is 0.743. The Morgan fingerprint density at radius 1 is 1.25 bits per heavy atom. The minimum atomic E-state index is 0.743. The van der Waals surface area contributed by atoms with Crippen molar-refractivity contribution in [2.45, 2.75) is 0 Å². The van der Waals surface area contributed by atoms with Gasteiger partial charge in [0.05, 0.1) is 10.6 Å². The average molecular weight is 247 g/mol. The van der Waals surface area contributed by atoms with E-state index >= 15 is 0 Å². The molecule has 0 aliphatic rings. The van der Waals surface area contributed by atoms with Crippen LogP contribution in [0, 0.1) is 0 Å². The number of anilines is 1. The monoisotopic (exact) mass is 247 g/mol. The number of hydrogen-bond donors (Lipinski definition) is 2. The maximum atomic E-state index is 5.32. The maximum Gasteiger partial charge on any atom is 0.197 e. The molecule has 0 spiro atoms. The Bertz CT molecular complexity index is 594. The highest BCUT2D eigenvalue weighted by Gasteiger charge is 2.07. The molecule has 1 aromatic carbocycles. The molecule has 80 valence electrons. The van der Waals surface area contributed by atoms with E-state index in [4.69, 9.17) is 5.84 Å². The predicted molar refractivity (Wildman–Crippen MR) is 70.7 cm³/mol. The molecule has 3 aromatic rings. The third kappa shape index (κ3) is 1.59. The fraction of sp³-hybridized carbons (Fsp3) is 0. The molecule has 0 saturated heterocycles. The van der Waals surface area contributed by atoms with Gasteiger partial charge >= 0.3 is 0 Å². The predicted octanol–water partition coefficient (Wildman–Crippen LogP) is 3.31. The summed E-state index contributed by atoms with van der Waals surface area (Å²) in [7, 11) is 0. The van der Waals surface area contributed by atoms with Crippen LogP contribution in [-0.2, 0) is 0 Å². The van der Waals surface area contributed by atoms with Crippen molar-refractivity contribution in [2.24, 2.45) is 5.84 Å². The number of benzene rings is 1. The summed E-state index contributed by atoms with van der Waals surface area (Å²) in [6.07, 6.45) is 0. The summed E-state index contributed by atoms with van der Waals surface area (Å²) in [5, 5.41) is 4.02. The van der Waals surface area contributed by atoms with E-state index in [1.54, 1.807) is 11.3 Å². The zero-order valence-electron chi connectivity index (χ0n) is 8.31. The van der Waals surface area contributed by atoms with Crippen molar-refractivity contribution in [3.63, 3.8) is 0 Å². The van der Waals surface area contributed by atoms with Gasteiger partial charge in [0.1, 0.15) is 0 Å². The van der Waals surface area contributed by atoms with E-state index in [9.17, 15) is 0 Å². The number of nitrogens with one attached hydrogen (secondary N) is 1. The Labute approximate surface area is 101 Å². The van der Waals surface area contributed by atoms with Gasteiger partial charge in [0.25, 0.3) is 0 Å². The largest absolute Gasteiger partial charge is 0.300 e. The van der Waals surface area contributed by atoms with E-state index in [0.29, 0.717) is 0 Å². The second-order valence-corrected chi connectivity index (χ2v) is 5.27. The quantitative estimate of drug-likeness (QED) is 0.539. The summed E-state index contributed by atoms with van der Waals surface area (Å²) in [5.74, 6) is 5.32. The molecule has 0 amide bonds. The summed E-state index contributed by atoms with van der Waals surface area (Å²) >= 11 is 3.26. The molecular formula is C11H9N3S2. The number of fused-ring (bicyclic) bond motifs is 1. The molecule has 3 rings (SSSR count). The van der Waals surface area contributed by atoms with Crippen LogP contribution < -0.4 is 11.3 Å². The number of nitrogens with two attached hydrogens (primary N) is 1. The smallest absolute Gasteiger partial charge is 0.197 e. The molecule has 16 heavy (non-hydrogen) atoms. The van der Waals surface area contributed by atoms with Crippen molar-refractivity contribution in [3.8, 4) is 10.6 Å². The van der Waals surface area contributed by atoms with Gasteiger partial charge in [-0.25, -0.2) is 10.8 Å². The van der Waals surface area contributed by atoms with Gasteiger partial charge < -0.3 is 0 Å². The number of hydrogen-bond acceptors (Lipinski definition) is 5. The Balaban J connectivity index is 2.11. The van der Waals surface area contributed by atoms with Crippen LogP contribution in [0.2, 0.25) is 0 Å². The van der Waals surface area contributed by atoms with Crippen molar-refractivity contribution in [1.82, 2.24) is 4.98 Å². The molecule has 3 nitrogen and oxygen atoms in total. The third-order valence-electron chi connectivity index (χ3n) is 2.31. The highest BCUT2D eigenvalue weighted by atomic mass is 32.1. The Morgan fingerprint density at radius 2 is 2.12 bits per heavy atom. The van der Waals surface area contributed by atoms with Crippen LogP contribution in [0.25, 0.3) is 20.7 Å². The molecule has 3 N–H and O–H groups in total. The van der Waals surface area contributed by atoms with Crippen LogP contribution in [0.15, 0.2) is 35.7 Å². The first-order chi connectivity index (χ1) is 7.86. The highest BCUT2D eigenvalue weighted by molar-refractivity contribution is 7.22. The summed E-state index contributed by atoms with van der Waals surface area (Å²) in [5.41, 5.74) is 3.55. The number of thiophene rings is 1. The number of nitrogens with zero attached hydrogens (tertiary/aromatic N) is 1. The summed E-state index contributed by atoms with van der Waals surface area (Å²) in [4.78, 5) is 5.57. The topological polar surface area (TPSA) is 50.9 Å². The molecule has 0 atom stereocenters. The minimum Gasteiger partial charge on any atom is -0.300 e. The van der Waals surface area contributed by atoms with Gasteiger partial charge in [0.15, 0.2) is 5.13 Å². The lowest BCUT2D eigenvalue weighted by molar-refractivity contribution is 1.29. The molecule has 0 aliphatic carbocycles. The molecule has 0 unspecified atom stereocenters. The SMILES string of the molecule is NNc1nc(-c2cc3ccccc3s2)cs1. The molecule has 0 fully saturated rings. The van der Waals surface area contributed by atoms with Crippen molar-refractivity contribution >= 4 is 37.9 Å². The van der Waals surface area contributed by atoms with Crippen molar-refractivity contribution in [3.05, 3.63) is 35.7 Å². The second kappa shape index (κ2) is 3.86. The van der Waals surface area contributed by atoms with Gasteiger partial charge in [-0.1, -0.05) is 18.2 Å². The normalized spacial score (nSPS) is 10.8. The third-order valence-corrected chi connectivity index (χ3v) is 4.22. The average Bonchev–Trinajstić information content (AvgIpc) is 2.95. The first-order valence-corrected chi connectivity index (χ1v) is 6.47. The van der Waals surface area contributed by atoms with E-state index in [0.717, 1.165) is 10.8 Å². The number of nitrogen functional groups attached to an aromatic ring is 1. The van der Waals surface area contributed by atoms with Gasteiger partial charge in [0, 0.05) is 10.1 Å². The van der Waals surface area contributed by atoms with Gasteiger partial charge in [-0.05, 0) is 17.5 Å². The van der Waals surface area contributed by atoms with Gasteiger partial charge in [-0.2, -0.15) is 0 Å². The standard InChI is InChI=1S/C11H9N3S2/c12-14-11-13-8(6-15-11)10-5-7-3-1-2-4-9(7)16-10/h1-6H,12H2,(H,13,14). The van der Waals surface area contributed by atoms with E-state index in [-0.39, 0.29) is 0 Å². The number of thiazole rings is 1. The summed E-state index contributed by atoms with van der Waals surface area (Å²) in [6, 6.07) is 10.5. The van der Waals surface area contributed by atoms with E-state index in [1.807, 2.05) is 11.4 Å². The highest BCUT2D eigenvalue weighted by Crippen LogP contribution is 2.34. The van der Waals surface area contributed by atoms with Gasteiger partial charge in [0.2, 0.25) is 0 Å². The summed E-state index contributed by atoms with van der Waals surface area (Å²) in [6.45, 7) is 0. The first-order valence-electron chi connectivity index (χ1n) is 4.78. The molecule has 2 heterocycles. The zero-order valence-corrected chi connectivity index (χ0v) is 9.94. The second-order valence-electron chi connectivity index (χ2n) is 3.33. The van der Waals surface area contributed by atoms with Crippen LogP contribution in [0.4, 0.5) is 5.13 Å². The summed E-state index contributed by atoms with van der Waals surface area (Å²) < 4.78 is 1.28. The van der Waals surface area contributed by atoms with Gasteiger partial charge in [-0.3, -0.25) is 5.43 Å². The van der Waals surface area contributed by atoms with Gasteiger partial charge in [-0.15, -0.1) is 22.7 Å². The molecule has 0 radical (unpaired) electrons. The van der Waals surface area contributed by atoms with Crippen LogP contribution in [0.3, 0.4) is 0 Å². The lowest BCUT2D eigenvalue weighted by atomic mass is 10.2. The first kappa shape index (κ1) is 9.77. The van der Waals surface area contributed by atoms with E-state index < -0.39 is 0 Å². The van der Waals surface area contributed by atoms with Crippen molar-refractivity contribution in [1.29, 1.82) is 0 Å². The maximum absolute atomic E-state index is 5.32.